The van der Waals surface area contributed by atoms with E-state index in [1.54, 1.807) is 49.6 Å². The molecule has 3 nitrogen and oxygen atoms in total. The van der Waals surface area contributed by atoms with E-state index in [0.29, 0.717) is 33.1 Å². The molecule has 0 aliphatic carbocycles. The van der Waals surface area contributed by atoms with E-state index < -0.39 is 0 Å². The highest BCUT2D eigenvalue weighted by Crippen LogP contribution is 2.35. The van der Waals surface area contributed by atoms with Gasteiger partial charge < -0.3 is 14.8 Å². The lowest BCUT2D eigenvalue weighted by Crippen LogP contribution is -2.03. The summed E-state index contributed by atoms with van der Waals surface area (Å²) in [6.07, 6.45) is 0. The van der Waals surface area contributed by atoms with E-state index in [1.807, 2.05) is 0 Å². The van der Waals surface area contributed by atoms with E-state index in [4.69, 9.17) is 44.3 Å². The maximum absolute atomic E-state index is 13.0. The van der Waals surface area contributed by atoms with Crippen LogP contribution in [0.4, 0.5) is 10.1 Å². The molecule has 28 heavy (non-hydrogen) atoms. The van der Waals surface area contributed by atoms with Gasteiger partial charge in [-0.05, 0) is 48.0 Å². The van der Waals surface area contributed by atoms with Gasteiger partial charge in [0.1, 0.15) is 12.4 Å². The van der Waals surface area contributed by atoms with E-state index >= 15 is 0 Å². The van der Waals surface area contributed by atoms with Crippen molar-refractivity contribution in [3.8, 4) is 11.5 Å². The number of nitrogens with one attached hydrogen (secondary N) is 1. The zero-order valence-corrected chi connectivity index (χ0v) is 17.2. The van der Waals surface area contributed by atoms with Crippen LogP contribution in [0, 0.1) is 5.82 Å². The second kappa shape index (κ2) is 9.37. The molecule has 0 radical (unpaired) electrons. The fourth-order valence-electron chi connectivity index (χ4n) is 2.54. The van der Waals surface area contributed by atoms with Crippen LogP contribution in [0.1, 0.15) is 11.1 Å². The summed E-state index contributed by atoms with van der Waals surface area (Å²) in [7, 11) is 1.56. The summed E-state index contributed by atoms with van der Waals surface area (Å²) < 4.78 is 24.3. The highest BCUT2D eigenvalue weighted by atomic mass is 35.5. The molecular weight excluding hydrogens is 424 g/mol. The van der Waals surface area contributed by atoms with Gasteiger partial charge in [-0.2, -0.15) is 0 Å². The standard InChI is InChI=1S/C21H17Cl3FNO2/c1-27-20-8-14(11-26-17-6-4-16(25)5-7-17)19(24)10-21(20)28-12-13-2-3-15(22)9-18(13)23/h2-10,26H,11-12H2,1H3. The van der Waals surface area contributed by atoms with Crippen LogP contribution in [0.2, 0.25) is 15.1 Å². The van der Waals surface area contributed by atoms with Gasteiger partial charge in [0.05, 0.1) is 7.11 Å². The van der Waals surface area contributed by atoms with Crippen molar-refractivity contribution in [3.63, 3.8) is 0 Å². The fraction of sp³-hybridized carbons (Fsp3) is 0.143. The molecule has 3 rings (SSSR count). The van der Waals surface area contributed by atoms with Crippen molar-refractivity contribution >= 4 is 40.5 Å². The van der Waals surface area contributed by atoms with E-state index in [2.05, 4.69) is 5.32 Å². The number of hydrogen-bond donors (Lipinski definition) is 1. The lowest BCUT2D eigenvalue weighted by atomic mass is 10.2. The van der Waals surface area contributed by atoms with Crippen molar-refractivity contribution in [2.75, 3.05) is 12.4 Å². The molecule has 0 fully saturated rings. The predicted molar refractivity (Wildman–Crippen MR) is 113 cm³/mol. The summed E-state index contributed by atoms with van der Waals surface area (Å²) in [6.45, 7) is 0.694. The van der Waals surface area contributed by atoms with Gasteiger partial charge in [-0.3, -0.25) is 0 Å². The van der Waals surface area contributed by atoms with Crippen LogP contribution in [0.3, 0.4) is 0 Å². The summed E-state index contributed by atoms with van der Waals surface area (Å²) in [6, 6.07) is 14.8. The number of hydrogen-bond acceptors (Lipinski definition) is 3. The molecule has 0 atom stereocenters. The smallest absolute Gasteiger partial charge is 0.163 e. The Bertz CT molecular complexity index is 965. The van der Waals surface area contributed by atoms with Gasteiger partial charge in [-0.15, -0.1) is 0 Å². The van der Waals surface area contributed by atoms with Crippen LogP contribution in [0.25, 0.3) is 0 Å². The molecule has 0 saturated heterocycles. The quantitative estimate of drug-likeness (QED) is 0.429. The minimum Gasteiger partial charge on any atom is -0.493 e. The van der Waals surface area contributed by atoms with Crippen molar-refractivity contribution in [1.82, 2.24) is 0 Å². The summed E-state index contributed by atoms with van der Waals surface area (Å²) >= 11 is 18.5. The Labute approximate surface area is 177 Å². The molecule has 0 saturated carbocycles. The van der Waals surface area contributed by atoms with Crippen molar-refractivity contribution in [2.45, 2.75) is 13.2 Å². The maximum Gasteiger partial charge on any atom is 0.163 e. The predicted octanol–water partition coefficient (Wildman–Crippen LogP) is 6.99. The third-order valence-electron chi connectivity index (χ3n) is 4.06. The molecule has 3 aromatic rings. The van der Waals surface area contributed by atoms with Gasteiger partial charge in [-0.25, -0.2) is 4.39 Å². The first kappa shape index (κ1) is 20.6. The van der Waals surface area contributed by atoms with Crippen molar-refractivity contribution in [2.24, 2.45) is 0 Å². The lowest BCUT2D eigenvalue weighted by molar-refractivity contribution is 0.284. The second-order valence-corrected chi connectivity index (χ2v) is 7.23. The molecule has 0 aromatic heterocycles. The van der Waals surface area contributed by atoms with E-state index in [9.17, 15) is 4.39 Å². The van der Waals surface area contributed by atoms with Crippen molar-refractivity contribution in [3.05, 3.63) is 86.6 Å². The Morgan fingerprint density at radius 1 is 0.857 bits per heavy atom. The van der Waals surface area contributed by atoms with Crippen molar-refractivity contribution in [1.29, 1.82) is 0 Å². The summed E-state index contributed by atoms with van der Waals surface area (Å²) in [5.41, 5.74) is 2.40. The zero-order chi connectivity index (χ0) is 20.1. The molecular formula is C21H17Cl3FNO2. The molecule has 0 aliphatic heterocycles. The van der Waals surface area contributed by atoms with E-state index in [0.717, 1.165) is 16.8 Å². The van der Waals surface area contributed by atoms with Gasteiger partial charge in [0.2, 0.25) is 0 Å². The van der Waals surface area contributed by atoms with E-state index in [-0.39, 0.29) is 12.4 Å². The molecule has 0 heterocycles. The molecule has 7 heteroatoms. The number of ether oxygens (including phenoxy) is 2. The molecule has 0 bridgehead atoms. The first-order chi connectivity index (χ1) is 13.5. The minimum absolute atomic E-state index is 0.246. The average Bonchev–Trinajstić information content (AvgIpc) is 2.68. The number of methoxy groups -OCH3 is 1. The van der Waals surface area contributed by atoms with Crippen LogP contribution >= 0.6 is 34.8 Å². The van der Waals surface area contributed by atoms with Gasteiger partial charge in [0.25, 0.3) is 0 Å². The van der Waals surface area contributed by atoms with Crippen molar-refractivity contribution < 1.29 is 13.9 Å². The number of halogens is 4. The minimum atomic E-state index is -0.285. The topological polar surface area (TPSA) is 30.5 Å². The molecule has 146 valence electrons. The first-order valence-electron chi connectivity index (χ1n) is 8.39. The molecule has 1 N–H and O–H groups in total. The molecule has 3 aromatic carbocycles. The molecule has 0 spiro atoms. The molecule has 0 amide bonds. The largest absolute Gasteiger partial charge is 0.493 e. The van der Waals surface area contributed by atoms with Gasteiger partial charge in [-0.1, -0.05) is 40.9 Å². The monoisotopic (exact) mass is 439 g/mol. The van der Waals surface area contributed by atoms with Crippen LogP contribution in [0.15, 0.2) is 54.6 Å². The Kier molecular flexibility index (Phi) is 6.89. The van der Waals surface area contributed by atoms with Crippen LogP contribution in [-0.4, -0.2) is 7.11 Å². The van der Waals surface area contributed by atoms with E-state index in [1.165, 1.54) is 12.1 Å². The first-order valence-corrected chi connectivity index (χ1v) is 9.52. The summed E-state index contributed by atoms with van der Waals surface area (Å²) in [5.74, 6) is 0.766. The summed E-state index contributed by atoms with van der Waals surface area (Å²) in [5, 5.41) is 4.80. The van der Waals surface area contributed by atoms with Crippen LogP contribution in [0.5, 0.6) is 11.5 Å². The third kappa shape index (κ3) is 5.22. The molecule has 0 unspecified atom stereocenters. The Balaban J connectivity index is 1.72. The van der Waals surface area contributed by atoms with Gasteiger partial charge in [0.15, 0.2) is 11.5 Å². The van der Waals surface area contributed by atoms with Gasteiger partial charge in [0, 0.05) is 38.9 Å². The Morgan fingerprint density at radius 2 is 1.57 bits per heavy atom. The highest BCUT2D eigenvalue weighted by molar-refractivity contribution is 6.35. The fourth-order valence-corrected chi connectivity index (χ4v) is 3.23. The van der Waals surface area contributed by atoms with Crippen LogP contribution < -0.4 is 14.8 Å². The maximum atomic E-state index is 13.0. The third-order valence-corrected chi connectivity index (χ3v) is 5.00. The van der Waals surface area contributed by atoms with Gasteiger partial charge >= 0.3 is 0 Å². The number of benzene rings is 3. The van der Waals surface area contributed by atoms with Crippen LogP contribution in [-0.2, 0) is 13.2 Å². The normalized spacial score (nSPS) is 10.6. The Hall–Kier alpha value is -2.14. The SMILES string of the molecule is COc1cc(CNc2ccc(F)cc2)c(Cl)cc1OCc1ccc(Cl)cc1Cl. The lowest BCUT2D eigenvalue weighted by Gasteiger charge is -2.15. The second-order valence-electron chi connectivity index (χ2n) is 5.98. The highest BCUT2D eigenvalue weighted by Gasteiger charge is 2.12. The Morgan fingerprint density at radius 3 is 2.25 bits per heavy atom. The number of rotatable bonds is 7. The molecule has 0 aliphatic rings. The summed E-state index contributed by atoms with van der Waals surface area (Å²) in [4.78, 5) is 0. The average molecular weight is 441 g/mol. The number of anilines is 1. The zero-order valence-electron chi connectivity index (χ0n) is 14.9.